The minimum atomic E-state index is -0.350. The Morgan fingerprint density at radius 3 is 2.79 bits per heavy atom. The van der Waals surface area contributed by atoms with E-state index in [4.69, 9.17) is 17.0 Å². The highest BCUT2D eigenvalue weighted by Gasteiger charge is 2.45. The molecule has 0 radical (unpaired) electrons. The van der Waals surface area contributed by atoms with Crippen LogP contribution in [-0.2, 0) is 14.3 Å². The fourth-order valence-electron chi connectivity index (χ4n) is 3.74. The fourth-order valence-corrected chi connectivity index (χ4v) is 4.14. The zero-order chi connectivity index (χ0) is 17.1. The number of ketones is 1. The number of hydrogen-bond donors (Lipinski definition) is 1. The number of thiocarbonyl (C=S) groups is 1. The van der Waals surface area contributed by atoms with E-state index in [1.54, 1.807) is 0 Å². The first-order valence-corrected chi connectivity index (χ1v) is 8.77. The first-order chi connectivity index (χ1) is 11.6. The number of fused-ring (bicyclic) bond motifs is 2. The lowest BCUT2D eigenvalue weighted by molar-refractivity contribution is -0.147. The van der Waals surface area contributed by atoms with Gasteiger partial charge in [-0.1, -0.05) is 18.2 Å². The highest BCUT2D eigenvalue weighted by Crippen LogP contribution is 2.36. The number of esters is 1. The lowest BCUT2D eigenvalue weighted by Crippen LogP contribution is -2.61. The number of carbonyl (C=O) groups is 2. The molecule has 0 aromatic heterocycles. The Labute approximate surface area is 147 Å². The van der Waals surface area contributed by atoms with Crippen LogP contribution in [0.2, 0.25) is 0 Å². The standard InChI is InChI=1S/C18H22N2O3S/c1-12(21)23-11-15-16-9-5-8-14(10-17(15)22)20(16)18(24)19-13-6-3-2-4-7-13/h2-4,6-7,14-16H,5,8-11H2,1H3,(H,19,24)/t14-,15+,16-/m1/s1. The zero-order valence-corrected chi connectivity index (χ0v) is 14.6. The average Bonchev–Trinajstić information content (AvgIpc) is 2.54. The number of piperidine rings is 2. The number of benzene rings is 1. The van der Waals surface area contributed by atoms with Crippen molar-refractivity contribution in [3.05, 3.63) is 30.3 Å². The molecule has 2 saturated heterocycles. The van der Waals surface area contributed by atoms with Crippen LogP contribution in [0.15, 0.2) is 30.3 Å². The molecule has 0 unspecified atom stereocenters. The van der Waals surface area contributed by atoms with Gasteiger partial charge in [0.15, 0.2) is 5.11 Å². The van der Waals surface area contributed by atoms with E-state index >= 15 is 0 Å². The number of nitrogens with zero attached hydrogens (tertiary/aromatic N) is 1. The summed E-state index contributed by atoms with van der Waals surface area (Å²) in [5.74, 6) is -0.456. The Morgan fingerprint density at radius 2 is 2.08 bits per heavy atom. The van der Waals surface area contributed by atoms with Gasteiger partial charge in [0.05, 0.1) is 5.92 Å². The second-order valence-electron chi connectivity index (χ2n) is 6.44. The van der Waals surface area contributed by atoms with Crippen LogP contribution in [0, 0.1) is 5.92 Å². The van der Waals surface area contributed by atoms with Gasteiger partial charge in [0.25, 0.3) is 0 Å². The third-order valence-electron chi connectivity index (χ3n) is 4.83. The molecule has 128 valence electrons. The van der Waals surface area contributed by atoms with Gasteiger partial charge in [0.2, 0.25) is 0 Å². The molecule has 2 aliphatic heterocycles. The monoisotopic (exact) mass is 346 g/mol. The van der Waals surface area contributed by atoms with Gasteiger partial charge < -0.3 is 15.0 Å². The molecule has 0 saturated carbocycles. The molecule has 2 heterocycles. The molecule has 0 spiro atoms. The average molecular weight is 346 g/mol. The van der Waals surface area contributed by atoms with E-state index in [-0.39, 0.29) is 36.4 Å². The van der Waals surface area contributed by atoms with Crippen molar-refractivity contribution < 1.29 is 14.3 Å². The molecule has 0 amide bonds. The topological polar surface area (TPSA) is 58.6 Å². The van der Waals surface area contributed by atoms with E-state index in [1.165, 1.54) is 6.92 Å². The number of hydrogen-bond acceptors (Lipinski definition) is 4. The van der Waals surface area contributed by atoms with Crippen molar-refractivity contribution in [1.82, 2.24) is 4.90 Å². The summed E-state index contributed by atoms with van der Waals surface area (Å²) >= 11 is 5.63. The van der Waals surface area contributed by atoms with Crippen LogP contribution in [0.4, 0.5) is 5.69 Å². The van der Waals surface area contributed by atoms with Crippen molar-refractivity contribution in [1.29, 1.82) is 0 Å². The van der Waals surface area contributed by atoms with Crippen LogP contribution in [0.25, 0.3) is 0 Å². The van der Waals surface area contributed by atoms with Gasteiger partial charge in [-0.15, -0.1) is 0 Å². The first-order valence-electron chi connectivity index (χ1n) is 8.36. The summed E-state index contributed by atoms with van der Waals surface area (Å²) < 4.78 is 5.14. The van der Waals surface area contributed by atoms with E-state index in [2.05, 4.69) is 10.2 Å². The van der Waals surface area contributed by atoms with Gasteiger partial charge in [-0.3, -0.25) is 9.59 Å². The minimum absolute atomic E-state index is 0.00747. The Bertz CT molecular complexity index is 634. The van der Waals surface area contributed by atoms with Gasteiger partial charge >= 0.3 is 5.97 Å². The first kappa shape index (κ1) is 16.9. The van der Waals surface area contributed by atoms with Gasteiger partial charge in [-0.25, -0.2) is 0 Å². The molecule has 1 N–H and O–H groups in total. The third-order valence-corrected chi connectivity index (χ3v) is 5.14. The maximum atomic E-state index is 12.5. The quantitative estimate of drug-likeness (QED) is 0.671. The predicted molar refractivity (Wildman–Crippen MR) is 95.7 cm³/mol. The highest BCUT2D eigenvalue weighted by molar-refractivity contribution is 7.80. The second kappa shape index (κ2) is 7.30. The third kappa shape index (κ3) is 3.59. The molecule has 5 nitrogen and oxygen atoms in total. The molecule has 24 heavy (non-hydrogen) atoms. The van der Waals surface area contributed by atoms with Crippen LogP contribution >= 0.6 is 12.2 Å². The zero-order valence-electron chi connectivity index (χ0n) is 13.7. The van der Waals surface area contributed by atoms with Gasteiger partial charge in [-0.2, -0.15) is 0 Å². The summed E-state index contributed by atoms with van der Waals surface area (Å²) in [6, 6.07) is 9.95. The number of rotatable bonds is 3. The molecular weight excluding hydrogens is 324 g/mol. The summed E-state index contributed by atoms with van der Waals surface area (Å²) in [5.41, 5.74) is 0.939. The number of carbonyl (C=O) groups excluding carboxylic acids is 2. The summed E-state index contributed by atoms with van der Waals surface area (Å²) in [5, 5.41) is 3.93. The van der Waals surface area contributed by atoms with Gasteiger partial charge in [-0.05, 0) is 43.6 Å². The largest absolute Gasteiger partial charge is 0.465 e. The molecule has 2 aliphatic rings. The molecule has 1 aromatic rings. The van der Waals surface area contributed by atoms with Crippen LogP contribution in [-0.4, -0.2) is 40.5 Å². The van der Waals surface area contributed by atoms with Gasteiger partial charge in [0, 0.05) is 31.1 Å². The van der Waals surface area contributed by atoms with Gasteiger partial charge in [0.1, 0.15) is 12.4 Å². The predicted octanol–water partition coefficient (Wildman–Crippen LogP) is 2.76. The number of Topliss-reactive ketones (excluding diaryl/α,β-unsaturated/α-hetero) is 1. The molecule has 1 aromatic carbocycles. The fraction of sp³-hybridized carbons (Fsp3) is 0.500. The van der Waals surface area contributed by atoms with Crippen LogP contribution in [0.3, 0.4) is 0 Å². The van der Waals surface area contributed by atoms with Crippen molar-refractivity contribution in [2.24, 2.45) is 5.92 Å². The lowest BCUT2D eigenvalue weighted by atomic mass is 9.77. The summed E-state index contributed by atoms with van der Waals surface area (Å²) in [4.78, 5) is 25.8. The Kier molecular flexibility index (Phi) is 5.14. The maximum absolute atomic E-state index is 12.5. The number of anilines is 1. The molecule has 3 rings (SSSR count). The van der Waals surface area contributed by atoms with Crippen molar-refractivity contribution in [2.45, 2.75) is 44.7 Å². The SMILES string of the molecule is CC(=O)OC[C@@H]1C(=O)C[C@H]2CCC[C@H]1N2C(=S)Nc1ccccc1. The van der Waals surface area contributed by atoms with E-state index in [1.807, 2.05) is 30.3 Å². The Balaban J connectivity index is 1.76. The molecule has 0 aliphatic carbocycles. The van der Waals surface area contributed by atoms with E-state index in [0.717, 1.165) is 24.9 Å². The summed E-state index contributed by atoms with van der Waals surface area (Å²) in [6.07, 6.45) is 3.41. The highest BCUT2D eigenvalue weighted by atomic mass is 32.1. The smallest absolute Gasteiger partial charge is 0.302 e. The lowest BCUT2D eigenvalue weighted by Gasteiger charge is -2.50. The molecular formula is C18H22N2O3S. The van der Waals surface area contributed by atoms with E-state index in [0.29, 0.717) is 11.5 Å². The van der Waals surface area contributed by atoms with Crippen molar-refractivity contribution in [2.75, 3.05) is 11.9 Å². The summed E-state index contributed by atoms with van der Waals surface area (Å²) in [6.45, 7) is 1.52. The molecule has 6 heteroatoms. The molecule has 2 fully saturated rings. The van der Waals surface area contributed by atoms with E-state index < -0.39 is 0 Å². The maximum Gasteiger partial charge on any atom is 0.302 e. The van der Waals surface area contributed by atoms with Crippen LogP contribution in [0.5, 0.6) is 0 Å². The van der Waals surface area contributed by atoms with Crippen LogP contribution in [0.1, 0.15) is 32.6 Å². The summed E-state index contributed by atoms with van der Waals surface area (Å²) in [7, 11) is 0. The number of para-hydroxylation sites is 1. The van der Waals surface area contributed by atoms with Crippen molar-refractivity contribution >= 4 is 34.8 Å². The van der Waals surface area contributed by atoms with E-state index in [9.17, 15) is 9.59 Å². The Hall–Kier alpha value is -1.95. The normalized spacial score (nSPS) is 26.0. The Morgan fingerprint density at radius 1 is 1.33 bits per heavy atom. The van der Waals surface area contributed by atoms with Crippen molar-refractivity contribution in [3.8, 4) is 0 Å². The minimum Gasteiger partial charge on any atom is -0.465 e. The number of nitrogens with one attached hydrogen (secondary N) is 1. The van der Waals surface area contributed by atoms with Crippen molar-refractivity contribution in [3.63, 3.8) is 0 Å². The molecule has 2 bridgehead atoms. The number of ether oxygens (including phenoxy) is 1. The second-order valence-corrected chi connectivity index (χ2v) is 6.82. The van der Waals surface area contributed by atoms with Crippen LogP contribution < -0.4 is 5.32 Å². The molecule has 3 atom stereocenters.